The van der Waals surface area contributed by atoms with Gasteiger partial charge in [-0.2, -0.15) is 5.26 Å². The van der Waals surface area contributed by atoms with Crippen LogP contribution in [0.1, 0.15) is 11.1 Å². The zero-order chi connectivity index (χ0) is 16.2. The van der Waals surface area contributed by atoms with Crippen molar-refractivity contribution >= 4 is 47.4 Å². The summed E-state index contributed by atoms with van der Waals surface area (Å²) in [6, 6.07) is 13.4. The Balaban J connectivity index is 0.00000208. The fourth-order valence-corrected chi connectivity index (χ4v) is 3.60. The van der Waals surface area contributed by atoms with Gasteiger partial charge in [-0.1, -0.05) is 41.0 Å². The van der Waals surface area contributed by atoms with Gasteiger partial charge in [0.15, 0.2) is 0 Å². The SMILES string of the molecule is Cl.N#Cc1ccc(Cn2ccnc2)cc1Sc1ccc(Cl)cc1Cl. The molecule has 0 saturated heterocycles. The predicted molar refractivity (Wildman–Crippen MR) is 100 cm³/mol. The molecule has 3 rings (SSSR count). The highest BCUT2D eigenvalue weighted by atomic mass is 35.5. The highest BCUT2D eigenvalue weighted by molar-refractivity contribution is 7.99. The van der Waals surface area contributed by atoms with Gasteiger partial charge in [-0.15, -0.1) is 12.4 Å². The molecule has 0 aliphatic heterocycles. The lowest BCUT2D eigenvalue weighted by atomic mass is 10.1. The minimum Gasteiger partial charge on any atom is -0.333 e. The third kappa shape index (κ3) is 4.46. The maximum atomic E-state index is 9.32. The van der Waals surface area contributed by atoms with Crippen LogP contribution in [0.4, 0.5) is 0 Å². The van der Waals surface area contributed by atoms with Gasteiger partial charge in [0.05, 0.1) is 16.9 Å². The number of benzene rings is 2. The van der Waals surface area contributed by atoms with Crippen LogP contribution in [0.5, 0.6) is 0 Å². The fraction of sp³-hybridized carbons (Fsp3) is 0.0588. The largest absolute Gasteiger partial charge is 0.333 e. The molecule has 0 aliphatic rings. The Kier molecular flexibility index (Phi) is 6.59. The van der Waals surface area contributed by atoms with E-state index in [1.807, 2.05) is 35.0 Å². The average Bonchev–Trinajstić information content (AvgIpc) is 3.03. The van der Waals surface area contributed by atoms with Crippen LogP contribution in [-0.2, 0) is 6.54 Å². The first-order chi connectivity index (χ1) is 11.2. The minimum atomic E-state index is 0. The molecule has 7 heteroatoms. The van der Waals surface area contributed by atoms with Crippen LogP contribution in [-0.4, -0.2) is 9.55 Å². The number of nitriles is 1. The fourth-order valence-electron chi connectivity index (χ4n) is 2.11. The maximum Gasteiger partial charge on any atom is 0.100 e. The van der Waals surface area contributed by atoms with E-state index in [1.165, 1.54) is 11.8 Å². The summed E-state index contributed by atoms with van der Waals surface area (Å²) in [7, 11) is 0. The first kappa shape index (κ1) is 18.7. The van der Waals surface area contributed by atoms with E-state index in [0.29, 0.717) is 22.2 Å². The van der Waals surface area contributed by atoms with E-state index >= 15 is 0 Å². The Labute approximate surface area is 160 Å². The van der Waals surface area contributed by atoms with Crippen LogP contribution < -0.4 is 0 Å². The van der Waals surface area contributed by atoms with Crippen molar-refractivity contribution in [2.24, 2.45) is 0 Å². The van der Waals surface area contributed by atoms with E-state index in [9.17, 15) is 5.26 Å². The lowest BCUT2D eigenvalue weighted by Crippen LogP contribution is -1.97. The summed E-state index contributed by atoms with van der Waals surface area (Å²) in [5.41, 5.74) is 1.71. The van der Waals surface area contributed by atoms with Gasteiger partial charge in [0.1, 0.15) is 6.07 Å². The Morgan fingerprint density at radius 1 is 1.12 bits per heavy atom. The molecule has 0 N–H and O–H groups in total. The smallest absolute Gasteiger partial charge is 0.100 e. The summed E-state index contributed by atoms with van der Waals surface area (Å²) in [6.45, 7) is 0.702. The molecule has 122 valence electrons. The van der Waals surface area contributed by atoms with Crippen LogP contribution in [0, 0.1) is 11.3 Å². The summed E-state index contributed by atoms with van der Waals surface area (Å²) in [5.74, 6) is 0. The Morgan fingerprint density at radius 3 is 2.62 bits per heavy atom. The third-order valence-electron chi connectivity index (χ3n) is 3.20. The molecule has 0 bridgehead atoms. The van der Waals surface area contributed by atoms with E-state index in [2.05, 4.69) is 11.1 Å². The van der Waals surface area contributed by atoms with Crippen molar-refractivity contribution in [3.63, 3.8) is 0 Å². The van der Waals surface area contributed by atoms with E-state index in [4.69, 9.17) is 23.2 Å². The van der Waals surface area contributed by atoms with Crippen molar-refractivity contribution in [3.8, 4) is 6.07 Å². The molecule has 0 aliphatic carbocycles. The highest BCUT2D eigenvalue weighted by Gasteiger charge is 2.09. The highest BCUT2D eigenvalue weighted by Crippen LogP contribution is 2.36. The monoisotopic (exact) mass is 395 g/mol. The van der Waals surface area contributed by atoms with Gasteiger partial charge in [-0.25, -0.2) is 4.98 Å². The molecule has 0 amide bonds. The van der Waals surface area contributed by atoms with Gasteiger partial charge >= 0.3 is 0 Å². The lowest BCUT2D eigenvalue weighted by Gasteiger charge is -2.09. The number of aromatic nitrogens is 2. The normalized spacial score (nSPS) is 10.0. The van der Waals surface area contributed by atoms with Gasteiger partial charge in [0, 0.05) is 33.8 Å². The standard InChI is InChI=1S/C17H11Cl2N3S.ClH/c18-14-3-4-16(15(19)8-14)23-17-7-12(1-2-13(17)9-20)10-22-6-5-21-11-22;/h1-8,11H,10H2;1H. The van der Waals surface area contributed by atoms with Gasteiger partial charge in [-0.3, -0.25) is 0 Å². The Hall–Kier alpha value is -1.64. The molecular weight excluding hydrogens is 385 g/mol. The first-order valence-electron chi connectivity index (χ1n) is 6.77. The second kappa shape index (κ2) is 8.46. The Morgan fingerprint density at radius 2 is 1.96 bits per heavy atom. The van der Waals surface area contributed by atoms with Crippen LogP contribution >= 0.6 is 47.4 Å². The molecule has 1 aromatic heterocycles. The number of rotatable bonds is 4. The molecule has 0 fully saturated rings. The molecule has 1 heterocycles. The van der Waals surface area contributed by atoms with Crippen molar-refractivity contribution in [1.29, 1.82) is 5.26 Å². The van der Waals surface area contributed by atoms with Crippen molar-refractivity contribution < 1.29 is 0 Å². The van der Waals surface area contributed by atoms with Crippen molar-refractivity contribution in [2.45, 2.75) is 16.3 Å². The molecule has 0 unspecified atom stereocenters. The molecule has 0 spiro atoms. The van der Waals surface area contributed by atoms with E-state index in [1.54, 1.807) is 24.7 Å². The third-order valence-corrected chi connectivity index (χ3v) is 5.00. The summed E-state index contributed by atoms with van der Waals surface area (Å²) < 4.78 is 1.98. The number of imidazole rings is 1. The van der Waals surface area contributed by atoms with Crippen molar-refractivity contribution in [2.75, 3.05) is 0 Å². The van der Waals surface area contributed by atoms with E-state index in [-0.39, 0.29) is 12.4 Å². The second-order valence-corrected chi connectivity index (χ2v) is 6.78. The number of halogens is 3. The van der Waals surface area contributed by atoms with Crippen LogP contribution in [0.15, 0.2) is 64.9 Å². The predicted octanol–water partition coefficient (Wildman–Crippen LogP) is 5.68. The molecule has 0 radical (unpaired) electrons. The van der Waals surface area contributed by atoms with Crippen LogP contribution in [0.3, 0.4) is 0 Å². The van der Waals surface area contributed by atoms with Crippen LogP contribution in [0.25, 0.3) is 0 Å². The quantitative estimate of drug-likeness (QED) is 0.569. The van der Waals surface area contributed by atoms with Gasteiger partial charge < -0.3 is 4.57 Å². The van der Waals surface area contributed by atoms with Crippen molar-refractivity contribution in [1.82, 2.24) is 9.55 Å². The number of hydrogen-bond donors (Lipinski definition) is 0. The van der Waals surface area contributed by atoms with E-state index in [0.717, 1.165) is 15.4 Å². The molecular formula is C17H12Cl3N3S. The van der Waals surface area contributed by atoms with Crippen LogP contribution in [0.2, 0.25) is 10.0 Å². The number of nitrogens with zero attached hydrogens (tertiary/aromatic N) is 3. The maximum absolute atomic E-state index is 9.32. The lowest BCUT2D eigenvalue weighted by molar-refractivity contribution is 0.795. The zero-order valence-corrected chi connectivity index (χ0v) is 15.5. The van der Waals surface area contributed by atoms with Gasteiger partial charge in [0.2, 0.25) is 0 Å². The minimum absolute atomic E-state index is 0. The molecule has 0 saturated carbocycles. The van der Waals surface area contributed by atoms with Crippen molar-refractivity contribution in [3.05, 3.63) is 76.3 Å². The molecule has 0 atom stereocenters. The summed E-state index contributed by atoms with van der Waals surface area (Å²) in [6.07, 6.45) is 5.41. The summed E-state index contributed by atoms with van der Waals surface area (Å²) in [4.78, 5) is 5.78. The first-order valence-corrected chi connectivity index (χ1v) is 8.34. The topological polar surface area (TPSA) is 41.6 Å². The van der Waals surface area contributed by atoms with Gasteiger partial charge in [-0.05, 0) is 35.9 Å². The molecule has 3 nitrogen and oxygen atoms in total. The second-order valence-electron chi connectivity index (χ2n) is 4.85. The molecule has 3 aromatic rings. The number of hydrogen-bond acceptors (Lipinski definition) is 3. The zero-order valence-electron chi connectivity index (χ0n) is 12.3. The van der Waals surface area contributed by atoms with Gasteiger partial charge in [0.25, 0.3) is 0 Å². The summed E-state index contributed by atoms with van der Waals surface area (Å²) >= 11 is 13.6. The molecule has 24 heavy (non-hydrogen) atoms. The summed E-state index contributed by atoms with van der Waals surface area (Å²) in [5, 5.41) is 10.5. The Bertz CT molecular complexity index is 873. The molecule has 2 aromatic carbocycles. The average molecular weight is 397 g/mol. The van der Waals surface area contributed by atoms with E-state index < -0.39 is 0 Å².